The maximum absolute atomic E-state index is 9.19. The lowest BCUT2D eigenvalue weighted by atomic mass is 10.0. The fourth-order valence-electron chi connectivity index (χ4n) is 3.19. The van der Waals surface area contributed by atoms with Gasteiger partial charge in [-0.3, -0.25) is 0 Å². The van der Waals surface area contributed by atoms with Gasteiger partial charge in [-0.25, -0.2) is 0 Å². The molecule has 0 aliphatic carbocycles. The first-order chi connectivity index (χ1) is 13.3. The molecular formula is C25H18N2. The molecule has 128 valence electrons. The van der Waals surface area contributed by atoms with E-state index in [1.54, 1.807) is 0 Å². The molecule has 0 unspecified atom stereocenters. The maximum atomic E-state index is 9.19. The predicted octanol–water partition coefficient (Wildman–Crippen LogP) is 6.70. The third kappa shape index (κ3) is 3.58. The summed E-state index contributed by atoms with van der Waals surface area (Å²) in [6, 6.07) is 39.0. The van der Waals surface area contributed by atoms with Crippen LogP contribution in [0.15, 0.2) is 109 Å². The Labute approximate surface area is 159 Å². The van der Waals surface area contributed by atoms with Crippen molar-refractivity contribution in [2.75, 3.05) is 4.90 Å². The first-order valence-electron chi connectivity index (χ1n) is 8.86. The van der Waals surface area contributed by atoms with Crippen molar-refractivity contribution in [2.24, 2.45) is 0 Å². The monoisotopic (exact) mass is 346 g/mol. The van der Waals surface area contributed by atoms with Gasteiger partial charge in [0.25, 0.3) is 0 Å². The number of para-hydroxylation sites is 2. The molecule has 0 saturated carbocycles. The summed E-state index contributed by atoms with van der Waals surface area (Å²) >= 11 is 0. The number of nitrogens with zero attached hydrogens (tertiary/aromatic N) is 2. The largest absolute Gasteiger partial charge is 0.310 e. The van der Waals surface area contributed by atoms with E-state index in [1.807, 2.05) is 60.7 Å². The van der Waals surface area contributed by atoms with Gasteiger partial charge in [-0.05, 0) is 59.7 Å². The fraction of sp³-hybridized carbons (Fsp3) is 0. The summed E-state index contributed by atoms with van der Waals surface area (Å²) in [4.78, 5) is 2.23. The molecule has 0 heterocycles. The minimum Gasteiger partial charge on any atom is -0.310 e. The zero-order chi connectivity index (χ0) is 18.5. The standard InChI is InChI=1S/C25H18N2/c26-19-20-9-7-10-21(17-20)22-11-8-16-25(18-22)27(23-12-3-1-4-13-23)24-14-5-2-6-15-24/h1-18H. The highest BCUT2D eigenvalue weighted by Crippen LogP contribution is 2.36. The summed E-state index contributed by atoms with van der Waals surface area (Å²) in [5.74, 6) is 0. The SMILES string of the molecule is N#Cc1cccc(-c2cccc(N(c3ccccc3)c3ccccc3)c2)c1. The summed E-state index contributed by atoms with van der Waals surface area (Å²) in [6.07, 6.45) is 0. The molecule has 0 N–H and O–H groups in total. The molecule has 0 spiro atoms. The average Bonchev–Trinajstić information content (AvgIpc) is 2.76. The summed E-state index contributed by atoms with van der Waals surface area (Å²) in [6.45, 7) is 0. The Balaban J connectivity index is 1.83. The third-order valence-corrected chi connectivity index (χ3v) is 4.46. The second-order valence-electron chi connectivity index (χ2n) is 6.25. The van der Waals surface area contributed by atoms with E-state index >= 15 is 0 Å². The van der Waals surface area contributed by atoms with Crippen LogP contribution in [0.2, 0.25) is 0 Å². The van der Waals surface area contributed by atoms with Gasteiger partial charge in [0.05, 0.1) is 11.6 Å². The molecule has 0 saturated heterocycles. The van der Waals surface area contributed by atoms with Gasteiger partial charge in [0.15, 0.2) is 0 Å². The lowest BCUT2D eigenvalue weighted by Gasteiger charge is -2.25. The van der Waals surface area contributed by atoms with Crippen molar-refractivity contribution >= 4 is 17.1 Å². The van der Waals surface area contributed by atoms with E-state index in [9.17, 15) is 5.26 Å². The Morgan fingerprint density at radius 2 is 1.04 bits per heavy atom. The first kappa shape index (κ1) is 16.6. The van der Waals surface area contributed by atoms with Crippen LogP contribution in [0.3, 0.4) is 0 Å². The molecule has 4 aromatic carbocycles. The van der Waals surface area contributed by atoms with Crippen molar-refractivity contribution in [1.29, 1.82) is 5.26 Å². The van der Waals surface area contributed by atoms with Crippen molar-refractivity contribution in [3.05, 3.63) is 115 Å². The van der Waals surface area contributed by atoms with E-state index in [0.29, 0.717) is 5.56 Å². The van der Waals surface area contributed by atoms with Gasteiger partial charge in [0.1, 0.15) is 0 Å². The number of nitriles is 1. The fourth-order valence-corrected chi connectivity index (χ4v) is 3.19. The molecule has 0 aliphatic heterocycles. The summed E-state index contributed by atoms with van der Waals surface area (Å²) in [7, 11) is 0. The van der Waals surface area contributed by atoms with Gasteiger partial charge in [-0.1, -0.05) is 60.7 Å². The molecule has 2 nitrogen and oxygen atoms in total. The number of hydrogen-bond acceptors (Lipinski definition) is 2. The topological polar surface area (TPSA) is 27.0 Å². The quantitative estimate of drug-likeness (QED) is 0.411. The molecule has 0 atom stereocenters. The maximum Gasteiger partial charge on any atom is 0.0991 e. The van der Waals surface area contributed by atoms with E-state index in [1.165, 1.54) is 0 Å². The van der Waals surface area contributed by atoms with E-state index in [4.69, 9.17) is 0 Å². The Hall–Kier alpha value is -3.83. The van der Waals surface area contributed by atoms with Gasteiger partial charge < -0.3 is 4.90 Å². The van der Waals surface area contributed by atoms with Crippen LogP contribution in [0.25, 0.3) is 11.1 Å². The normalized spacial score (nSPS) is 10.2. The highest BCUT2D eigenvalue weighted by atomic mass is 15.1. The van der Waals surface area contributed by atoms with Crippen LogP contribution < -0.4 is 4.90 Å². The highest BCUT2D eigenvalue weighted by molar-refractivity contribution is 5.79. The van der Waals surface area contributed by atoms with E-state index in [0.717, 1.165) is 28.2 Å². The first-order valence-corrected chi connectivity index (χ1v) is 8.86. The molecule has 0 aromatic heterocycles. The van der Waals surface area contributed by atoms with E-state index in [2.05, 4.69) is 59.5 Å². The Morgan fingerprint density at radius 3 is 1.63 bits per heavy atom. The lowest BCUT2D eigenvalue weighted by Crippen LogP contribution is -2.09. The van der Waals surface area contributed by atoms with Gasteiger partial charge in [0, 0.05) is 17.1 Å². The molecule has 0 fully saturated rings. The van der Waals surface area contributed by atoms with Crippen LogP contribution >= 0.6 is 0 Å². The van der Waals surface area contributed by atoms with Gasteiger partial charge in [0.2, 0.25) is 0 Å². The molecule has 4 aromatic rings. The highest BCUT2D eigenvalue weighted by Gasteiger charge is 2.12. The summed E-state index contributed by atoms with van der Waals surface area (Å²) in [5, 5.41) is 9.19. The molecular weight excluding hydrogens is 328 g/mol. The number of benzene rings is 4. The van der Waals surface area contributed by atoms with Crippen molar-refractivity contribution in [3.8, 4) is 17.2 Å². The van der Waals surface area contributed by atoms with E-state index in [-0.39, 0.29) is 0 Å². The predicted molar refractivity (Wildman–Crippen MR) is 111 cm³/mol. The molecule has 0 aliphatic rings. The van der Waals surface area contributed by atoms with Crippen LogP contribution in [0.1, 0.15) is 5.56 Å². The third-order valence-electron chi connectivity index (χ3n) is 4.46. The molecule has 0 radical (unpaired) electrons. The van der Waals surface area contributed by atoms with Crippen LogP contribution in [-0.4, -0.2) is 0 Å². The molecule has 0 bridgehead atoms. The van der Waals surface area contributed by atoms with Crippen LogP contribution in [0, 0.1) is 11.3 Å². The smallest absolute Gasteiger partial charge is 0.0991 e. The number of anilines is 3. The van der Waals surface area contributed by atoms with E-state index < -0.39 is 0 Å². The van der Waals surface area contributed by atoms with Crippen molar-refractivity contribution in [3.63, 3.8) is 0 Å². The Morgan fingerprint density at radius 1 is 0.519 bits per heavy atom. The van der Waals surface area contributed by atoms with Gasteiger partial charge in [-0.15, -0.1) is 0 Å². The summed E-state index contributed by atoms with van der Waals surface area (Å²) < 4.78 is 0. The van der Waals surface area contributed by atoms with Gasteiger partial charge >= 0.3 is 0 Å². The minimum absolute atomic E-state index is 0.667. The van der Waals surface area contributed by atoms with Crippen molar-refractivity contribution in [2.45, 2.75) is 0 Å². The molecule has 4 rings (SSSR count). The van der Waals surface area contributed by atoms with Crippen LogP contribution in [0.4, 0.5) is 17.1 Å². The van der Waals surface area contributed by atoms with Crippen LogP contribution in [-0.2, 0) is 0 Å². The molecule has 27 heavy (non-hydrogen) atoms. The number of hydrogen-bond donors (Lipinski definition) is 0. The van der Waals surface area contributed by atoms with Crippen LogP contribution in [0.5, 0.6) is 0 Å². The Kier molecular flexibility index (Phi) is 4.68. The van der Waals surface area contributed by atoms with Crippen molar-refractivity contribution < 1.29 is 0 Å². The average molecular weight is 346 g/mol. The number of rotatable bonds is 4. The second-order valence-corrected chi connectivity index (χ2v) is 6.25. The Bertz CT molecular complexity index is 1040. The van der Waals surface area contributed by atoms with Crippen molar-refractivity contribution in [1.82, 2.24) is 0 Å². The molecule has 0 amide bonds. The van der Waals surface area contributed by atoms with Gasteiger partial charge in [-0.2, -0.15) is 5.26 Å². The zero-order valence-electron chi connectivity index (χ0n) is 14.8. The summed E-state index contributed by atoms with van der Waals surface area (Å²) in [5.41, 5.74) is 6.07. The minimum atomic E-state index is 0.667. The second kappa shape index (κ2) is 7.59. The zero-order valence-corrected chi connectivity index (χ0v) is 14.8. The lowest BCUT2D eigenvalue weighted by molar-refractivity contribution is 1.28. The molecule has 2 heteroatoms.